The highest BCUT2D eigenvalue weighted by molar-refractivity contribution is 5.92. The molecule has 108 valence electrons. The van der Waals surface area contributed by atoms with Crippen LogP contribution in [0.4, 0.5) is 0 Å². The van der Waals surface area contributed by atoms with Crippen LogP contribution in [-0.4, -0.2) is 33.4 Å². The monoisotopic (exact) mass is 267 g/mol. The van der Waals surface area contributed by atoms with Gasteiger partial charge in [-0.3, -0.25) is 9.48 Å². The summed E-state index contributed by atoms with van der Waals surface area (Å²) in [4.78, 5) is 12.0. The first-order chi connectivity index (χ1) is 8.62. The number of nitrogens with zero attached hydrogens (tertiary/aromatic N) is 2. The fraction of sp³-hybridized carbons (Fsp3) is 0.714. The Hall–Kier alpha value is -1.36. The number of nitrogens with one attached hydrogen (secondary N) is 1. The summed E-state index contributed by atoms with van der Waals surface area (Å²) in [6, 6.07) is 1.80. The molecule has 1 amide bonds. The van der Waals surface area contributed by atoms with Gasteiger partial charge in [-0.15, -0.1) is 0 Å². The standard InChI is InChI=1S/C14H25N3O2/c1-9(2)11(18)8-15-13(19)10-7-12(14(3,4)5)16-17(10)6/h7,9,11,18H,8H2,1-6H3,(H,15,19). The molecule has 0 aliphatic heterocycles. The lowest BCUT2D eigenvalue weighted by Crippen LogP contribution is -2.35. The van der Waals surface area contributed by atoms with E-state index in [1.165, 1.54) is 0 Å². The van der Waals surface area contributed by atoms with E-state index in [0.29, 0.717) is 5.69 Å². The third-order valence-corrected chi connectivity index (χ3v) is 3.12. The van der Waals surface area contributed by atoms with Crippen molar-refractivity contribution in [3.63, 3.8) is 0 Å². The highest BCUT2D eigenvalue weighted by Gasteiger charge is 2.22. The molecule has 19 heavy (non-hydrogen) atoms. The largest absolute Gasteiger partial charge is 0.391 e. The van der Waals surface area contributed by atoms with E-state index in [0.717, 1.165) is 5.69 Å². The normalized spacial score (nSPS) is 13.7. The molecule has 1 unspecified atom stereocenters. The summed E-state index contributed by atoms with van der Waals surface area (Å²) in [7, 11) is 1.75. The summed E-state index contributed by atoms with van der Waals surface area (Å²) >= 11 is 0. The zero-order chi connectivity index (χ0) is 14.8. The first-order valence-electron chi connectivity index (χ1n) is 6.63. The van der Waals surface area contributed by atoms with Crippen LogP contribution in [-0.2, 0) is 12.5 Å². The van der Waals surface area contributed by atoms with Gasteiger partial charge in [0.25, 0.3) is 5.91 Å². The maximum Gasteiger partial charge on any atom is 0.269 e. The van der Waals surface area contributed by atoms with Crippen molar-refractivity contribution < 1.29 is 9.90 Å². The Bertz CT molecular complexity index is 444. The number of aliphatic hydroxyl groups excluding tert-OH is 1. The molecule has 1 atom stereocenters. The number of aliphatic hydroxyl groups is 1. The molecular weight excluding hydrogens is 242 g/mol. The van der Waals surface area contributed by atoms with Crippen LogP contribution in [0.25, 0.3) is 0 Å². The number of hydrogen-bond donors (Lipinski definition) is 2. The Morgan fingerprint density at radius 3 is 2.47 bits per heavy atom. The molecule has 1 heterocycles. The summed E-state index contributed by atoms with van der Waals surface area (Å²) in [6.45, 7) is 10.3. The third kappa shape index (κ3) is 4.06. The Labute approximate surface area is 115 Å². The highest BCUT2D eigenvalue weighted by atomic mass is 16.3. The molecule has 0 aromatic carbocycles. The van der Waals surface area contributed by atoms with Crippen molar-refractivity contribution in [1.82, 2.24) is 15.1 Å². The van der Waals surface area contributed by atoms with Gasteiger partial charge in [0.1, 0.15) is 5.69 Å². The van der Waals surface area contributed by atoms with Gasteiger partial charge in [0.2, 0.25) is 0 Å². The van der Waals surface area contributed by atoms with E-state index in [-0.39, 0.29) is 23.8 Å². The van der Waals surface area contributed by atoms with Crippen LogP contribution < -0.4 is 5.32 Å². The Morgan fingerprint density at radius 1 is 1.47 bits per heavy atom. The predicted octanol–water partition coefficient (Wildman–Crippen LogP) is 1.46. The lowest BCUT2D eigenvalue weighted by atomic mass is 9.92. The van der Waals surface area contributed by atoms with Crippen molar-refractivity contribution in [3.05, 3.63) is 17.5 Å². The summed E-state index contributed by atoms with van der Waals surface area (Å²) in [6.07, 6.45) is -0.528. The van der Waals surface area contributed by atoms with E-state index in [1.54, 1.807) is 17.8 Å². The van der Waals surface area contributed by atoms with Crippen LogP contribution >= 0.6 is 0 Å². The molecule has 0 spiro atoms. The van der Waals surface area contributed by atoms with Crippen molar-refractivity contribution in [2.45, 2.75) is 46.1 Å². The van der Waals surface area contributed by atoms with E-state index in [4.69, 9.17) is 0 Å². The maximum absolute atomic E-state index is 12.0. The Balaban J connectivity index is 2.75. The average molecular weight is 267 g/mol. The van der Waals surface area contributed by atoms with Crippen molar-refractivity contribution >= 4 is 5.91 Å². The second-order valence-corrected chi connectivity index (χ2v) is 6.31. The van der Waals surface area contributed by atoms with Crippen LogP contribution in [0.15, 0.2) is 6.07 Å². The van der Waals surface area contributed by atoms with Gasteiger partial charge in [-0.25, -0.2) is 0 Å². The number of rotatable bonds is 4. The second kappa shape index (κ2) is 5.74. The molecule has 0 bridgehead atoms. The lowest BCUT2D eigenvalue weighted by molar-refractivity contribution is 0.0863. The SMILES string of the molecule is CC(C)C(O)CNC(=O)c1cc(C(C)(C)C)nn1C. The van der Waals surface area contributed by atoms with E-state index in [9.17, 15) is 9.90 Å². The Morgan fingerprint density at radius 2 is 2.05 bits per heavy atom. The minimum Gasteiger partial charge on any atom is -0.391 e. The molecule has 0 radical (unpaired) electrons. The molecule has 1 aromatic rings. The molecule has 0 saturated carbocycles. The average Bonchev–Trinajstić information content (AvgIpc) is 2.67. The Kier molecular flexibility index (Phi) is 4.74. The number of amides is 1. The van der Waals surface area contributed by atoms with Gasteiger partial charge >= 0.3 is 0 Å². The molecule has 5 heteroatoms. The molecule has 2 N–H and O–H groups in total. The smallest absolute Gasteiger partial charge is 0.269 e. The summed E-state index contributed by atoms with van der Waals surface area (Å²) in [5.41, 5.74) is 1.30. The minimum atomic E-state index is -0.528. The minimum absolute atomic E-state index is 0.0895. The van der Waals surface area contributed by atoms with Gasteiger partial charge in [-0.2, -0.15) is 5.10 Å². The van der Waals surface area contributed by atoms with E-state index in [1.807, 2.05) is 13.8 Å². The van der Waals surface area contributed by atoms with E-state index >= 15 is 0 Å². The van der Waals surface area contributed by atoms with Crippen molar-refractivity contribution in [1.29, 1.82) is 0 Å². The number of carbonyl (C=O) groups excluding carboxylic acids is 1. The first-order valence-corrected chi connectivity index (χ1v) is 6.63. The maximum atomic E-state index is 12.0. The molecule has 0 aliphatic rings. The van der Waals surface area contributed by atoms with Gasteiger partial charge in [0, 0.05) is 19.0 Å². The fourth-order valence-electron chi connectivity index (χ4n) is 1.57. The number of aryl methyl sites for hydroxylation is 1. The van der Waals surface area contributed by atoms with Crippen molar-refractivity contribution in [2.24, 2.45) is 13.0 Å². The van der Waals surface area contributed by atoms with Gasteiger partial charge in [0.15, 0.2) is 0 Å². The summed E-state index contributed by atoms with van der Waals surface area (Å²) in [5.74, 6) is -0.0813. The summed E-state index contributed by atoms with van der Waals surface area (Å²) in [5, 5.41) is 16.8. The fourth-order valence-corrected chi connectivity index (χ4v) is 1.57. The molecule has 1 rings (SSSR count). The molecule has 5 nitrogen and oxygen atoms in total. The predicted molar refractivity (Wildman–Crippen MR) is 75.1 cm³/mol. The molecule has 0 fully saturated rings. The highest BCUT2D eigenvalue weighted by Crippen LogP contribution is 2.21. The summed E-state index contributed by atoms with van der Waals surface area (Å²) < 4.78 is 1.58. The van der Waals surface area contributed by atoms with Crippen molar-refractivity contribution in [2.75, 3.05) is 6.54 Å². The van der Waals surface area contributed by atoms with E-state index in [2.05, 4.69) is 31.2 Å². The zero-order valence-electron chi connectivity index (χ0n) is 12.7. The number of carbonyl (C=O) groups is 1. The van der Waals surface area contributed by atoms with Crippen LogP contribution in [0, 0.1) is 5.92 Å². The van der Waals surface area contributed by atoms with Crippen molar-refractivity contribution in [3.8, 4) is 0 Å². The number of aromatic nitrogens is 2. The lowest BCUT2D eigenvalue weighted by Gasteiger charge is -2.15. The van der Waals surface area contributed by atoms with Crippen LogP contribution in [0.2, 0.25) is 0 Å². The van der Waals surface area contributed by atoms with Gasteiger partial charge < -0.3 is 10.4 Å². The quantitative estimate of drug-likeness (QED) is 0.868. The third-order valence-electron chi connectivity index (χ3n) is 3.12. The molecule has 0 saturated heterocycles. The molecule has 0 aliphatic carbocycles. The topological polar surface area (TPSA) is 67.2 Å². The first kappa shape index (κ1) is 15.7. The van der Waals surface area contributed by atoms with Gasteiger partial charge in [-0.1, -0.05) is 34.6 Å². The molecular formula is C14H25N3O2. The van der Waals surface area contributed by atoms with Crippen LogP contribution in [0.5, 0.6) is 0 Å². The zero-order valence-corrected chi connectivity index (χ0v) is 12.7. The number of hydrogen-bond acceptors (Lipinski definition) is 3. The van der Waals surface area contributed by atoms with Crippen LogP contribution in [0.3, 0.4) is 0 Å². The van der Waals surface area contributed by atoms with Crippen LogP contribution in [0.1, 0.15) is 50.8 Å². The van der Waals surface area contributed by atoms with Gasteiger partial charge in [-0.05, 0) is 12.0 Å². The van der Waals surface area contributed by atoms with Gasteiger partial charge in [0.05, 0.1) is 11.8 Å². The second-order valence-electron chi connectivity index (χ2n) is 6.31. The van der Waals surface area contributed by atoms with E-state index < -0.39 is 6.10 Å². The molecule has 1 aromatic heterocycles.